The van der Waals surface area contributed by atoms with E-state index in [1.807, 2.05) is 6.07 Å². The largest absolute Gasteiger partial charge is 0.444 e. The molecule has 0 saturated heterocycles. The van der Waals surface area contributed by atoms with Crippen LogP contribution in [0.25, 0.3) is 11.4 Å². The second-order valence-electron chi connectivity index (χ2n) is 8.67. The number of nitrogens with zero attached hydrogens (tertiary/aromatic N) is 3. The summed E-state index contributed by atoms with van der Waals surface area (Å²) < 4.78 is 11.3. The van der Waals surface area contributed by atoms with E-state index in [1.165, 1.54) is 6.20 Å². The standard InChI is InChI=1S/C24H25N5O4/c1-24(2,3)33-23(31)28-19-14-26-20(16-5-4-12-25-13-16)29-22(19)32-18-10-8-17(9-11-18)27-21(30)15-6-7-15/h4-5,8-15H,6-7H2,1-3H3,(H,27,30)(H,28,31). The lowest BCUT2D eigenvalue weighted by Crippen LogP contribution is -2.27. The average molecular weight is 447 g/mol. The molecule has 0 bridgehead atoms. The molecule has 0 spiro atoms. The zero-order valence-corrected chi connectivity index (χ0v) is 18.7. The Labute approximate surface area is 191 Å². The number of aromatic nitrogens is 3. The smallest absolute Gasteiger partial charge is 0.412 e. The molecule has 170 valence electrons. The van der Waals surface area contributed by atoms with E-state index in [0.717, 1.165) is 12.8 Å². The van der Waals surface area contributed by atoms with Gasteiger partial charge in [-0.15, -0.1) is 0 Å². The van der Waals surface area contributed by atoms with Crippen molar-refractivity contribution in [2.75, 3.05) is 10.6 Å². The molecule has 3 aromatic rings. The molecule has 0 atom stereocenters. The summed E-state index contributed by atoms with van der Waals surface area (Å²) in [6.07, 6.45) is 5.98. The molecule has 4 rings (SSSR count). The highest BCUT2D eigenvalue weighted by atomic mass is 16.6. The van der Waals surface area contributed by atoms with E-state index in [1.54, 1.807) is 63.5 Å². The third kappa shape index (κ3) is 6.25. The lowest BCUT2D eigenvalue weighted by molar-refractivity contribution is -0.117. The first-order valence-corrected chi connectivity index (χ1v) is 10.6. The molecule has 0 radical (unpaired) electrons. The van der Waals surface area contributed by atoms with Crippen LogP contribution in [0.3, 0.4) is 0 Å². The molecule has 1 fully saturated rings. The molecule has 2 amide bonds. The number of amides is 2. The van der Waals surface area contributed by atoms with Gasteiger partial charge in [-0.2, -0.15) is 4.98 Å². The maximum absolute atomic E-state index is 12.3. The van der Waals surface area contributed by atoms with E-state index in [9.17, 15) is 9.59 Å². The summed E-state index contributed by atoms with van der Waals surface area (Å²) in [7, 11) is 0. The zero-order valence-electron chi connectivity index (χ0n) is 18.7. The fourth-order valence-corrected chi connectivity index (χ4v) is 2.89. The van der Waals surface area contributed by atoms with E-state index in [0.29, 0.717) is 22.8 Å². The van der Waals surface area contributed by atoms with Crippen LogP contribution in [0.2, 0.25) is 0 Å². The van der Waals surface area contributed by atoms with Crippen LogP contribution in [0.4, 0.5) is 16.2 Å². The van der Waals surface area contributed by atoms with E-state index < -0.39 is 11.7 Å². The predicted octanol–water partition coefficient (Wildman–Crippen LogP) is 5.03. The number of pyridine rings is 1. The minimum Gasteiger partial charge on any atom is -0.444 e. The average Bonchev–Trinajstić information content (AvgIpc) is 3.61. The molecule has 33 heavy (non-hydrogen) atoms. The van der Waals surface area contributed by atoms with E-state index >= 15 is 0 Å². The van der Waals surface area contributed by atoms with Gasteiger partial charge in [-0.1, -0.05) is 0 Å². The minimum atomic E-state index is -0.664. The van der Waals surface area contributed by atoms with E-state index in [-0.39, 0.29) is 23.4 Å². The minimum absolute atomic E-state index is 0.0319. The van der Waals surface area contributed by atoms with Gasteiger partial charge in [0, 0.05) is 29.6 Å². The number of hydrogen-bond acceptors (Lipinski definition) is 7. The lowest BCUT2D eigenvalue weighted by Gasteiger charge is -2.20. The lowest BCUT2D eigenvalue weighted by atomic mass is 10.2. The first-order valence-electron chi connectivity index (χ1n) is 10.6. The van der Waals surface area contributed by atoms with Crippen LogP contribution < -0.4 is 15.4 Å². The number of ether oxygens (including phenoxy) is 2. The van der Waals surface area contributed by atoms with Gasteiger partial charge in [0.2, 0.25) is 11.8 Å². The predicted molar refractivity (Wildman–Crippen MR) is 123 cm³/mol. The Kier molecular flexibility index (Phi) is 6.21. The van der Waals surface area contributed by atoms with Gasteiger partial charge in [-0.05, 0) is 70.0 Å². The van der Waals surface area contributed by atoms with Crippen LogP contribution in [0.15, 0.2) is 55.0 Å². The van der Waals surface area contributed by atoms with Gasteiger partial charge in [0.1, 0.15) is 17.0 Å². The van der Waals surface area contributed by atoms with Crippen molar-refractivity contribution in [3.8, 4) is 23.0 Å². The SMILES string of the molecule is CC(C)(C)OC(=O)Nc1cnc(-c2cccnc2)nc1Oc1ccc(NC(=O)C2CC2)cc1. The van der Waals surface area contributed by atoms with Gasteiger partial charge in [0.15, 0.2) is 5.82 Å². The number of carbonyl (C=O) groups excluding carboxylic acids is 2. The van der Waals surface area contributed by atoms with Gasteiger partial charge in [-0.3, -0.25) is 15.1 Å². The van der Waals surface area contributed by atoms with Crippen LogP contribution in [0.5, 0.6) is 11.6 Å². The van der Waals surface area contributed by atoms with E-state index in [4.69, 9.17) is 9.47 Å². The van der Waals surface area contributed by atoms with Gasteiger partial charge in [0.25, 0.3) is 0 Å². The second kappa shape index (κ2) is 9.23. The van der Waals surface area contributed by atoms with Crippen molar-refractivity contribution in [2.45, 2.75) is 39.2 Å². The van der Waals surface area contributed by atoms with Crippen LogP contribution in [-0.4, -0.2) is 32.6 Å². The summed E-state index contributed by atoms with van der Waals surface area (Å²) in [5.41, 5.74) is 0.972. The van der Waals surface area contributed by atoms with Gasteiger partial charge in [0.05, 0.1) is 6.20 Å². The molecule has 1 aliphatic carbocycles. The van der Waals surface area contributed by atoms with Gasteiger partial charge >= 0.3 is 6.09 Å². The van der Waals surface area contributed by atoms with E-state index in [2.05, 4.69) is 25.6 Å². The molecule has 1 saturated carbocycles. The van der Waals surface area contributed by atoms with Crippen molar-refractivity contribution in [3.05, 3.63) is 55.0 Å². The number of hydrogen-bond donors (Lipinski definition) is 2. The number of rotatable bonds is 6. The molecular weight excluding hydrogens is 422 g/mol. The van der Waals surface area contributed by atoms with Crippen LogP contribution in [0, 0.1) is 5.92 Å². The van der Waals surface area contributed by atoms with Crippen LogP contribution in [-0.2, 0) is 9.53 Å². The highest BCUT2D eigenvalue weighted by molar-refractivity contribution is 5.94. The molecule has 1 aromatic carbocycles. The van der Waals surface area contributed by atoms with Crippen LogP contribution >= 0.6 is 0 Å². The molecule has 9 heteroatoms. The second-order valence-corrected chi connectivity index (χ2v) is 8.67. The van der Waals surface area contributed by atoms with Crippen molar-refractivity contribution < 1.29 is 19.1 Å². The van der Waals surface area contributed by atoms with Gasteiger partial charge < -0.3 is 14.8 Å². The Morgan fingerprint density at radius 3 is 2.42 bits per heavy atom. The summed E-state index contributed by atoms with van der Waals surface area (Å²) >= 11 is 0. The van der Waals surface area contributed by atoms with Crippen molar-refractivity contribution >= 4 is 23.4 Å². The Morgan fingerprint density at radius 2 is 1.79 bits per heavy atom. The molecule has 2 N–H and O–H groups in total. The summed E-state index contributed by atoms with van der Waals surface area (Å²) in [6.45, 7) is 5.32. The number of nitrogens with one attached hydrogen (secondary N) is 2. The fraction of sp³-hybridized carbons (Fsp3) is 0.292. The summed E-state index contributed by atoms with van der Waals surface area (Å²) in [6, 6.07) is 10.5. The maximum Gasteiger partial charge on any atom is 0.412 e. The zero-order chi connectivity index (χ0) is 23.4. The van der Waals surface area contributed by atoms with Crippen molar-refractivity contribution in [3.63, 3.8) is 0 Å². The van der Waals surface area contributed by atoms with Gasteiger partial charge in [-0.25, -0.2) is 9.78 Å². The maximum atomic E-state index is 12.3. The number of anilines is 2. The third-order valence-corrected chi connectivity index (χ3v) is 4.59. The monoisotopic (exact) mass is 447 g/mol. The Bertz CT molecular complexity index is 1140. The summed E-state index contributed by atoms with van der Waals surface area (Å²) in [5.74, 6) is 1.16. The first kappa shape index (κ1) is 22.2. The fourth-order valence-electron chi connectivity index (χ4n) is 2.89. The molecule has 2 heterocycles. The Hall–Kier alpha value is -4.01. The summed E-state index contributed by atoms with van der Waals surface area (Å²) in [4.78, 5) is 37.1. The quantitative estimate of drug-likeness (QED) is 0.545. The topological polar surface area (TPSA) is 115 Å². The first-order chi connectivity index (χ1) is 15.8. The third-order valence-electron chi connectivity index (χ3n) is 4.59. The molecule has 9 nitrogen and oxygen atoms in total. The van der Waals surface area contributed by atoms with Crippen LogP contribution in [0.1, 0.15) is 33.6 Å². The van der Waals surface area contributed by atoms with Crippen molar-refractivity contribution in [2.24, 2.45) is 5.92 Å². The number of carbonyl (C=O) groups is 2. The van der Waals surface area contributed by atoms with Crippen molar-refractivity contribution in [1.82, 2.24) is 15.0 Å². The molecule has 0 aliphatic heterocycles. The molecule has 0 unspecified atom stereocenters. The number of benzene rings is 1. The Balaban J connectivity index is 1.56. The normalized spacial score (nSPS) is 13.2. The molecular formula is C24H25N5O4. The highest BCUT2D eigenvalue weighted by Crippen LogP contribution is 2.32. The Morgan fingerprint density at radius 1 is 1.03 bits per heavy atom. The van der Waals surface area contributed by atoms with Crippen molar-refractivity contribution in [1.29, 1.82) is 0 Å². The highest BCUT2D eigenvalue weighted by Gasteiger charge is 2.29. The molecule has 1 aliphatic rings. The molecule has 2 aromatic heterocycles. The summed E-state index contributed by atoms with van der Waals surface area (Å²) in [5, 5.41) is 5.52.